The molecule has 228 valence electrons. The maximum absolute atomic E-state index is 10.9. The van der Waals surface area contributed by atoms with Crippen LogP contribution < -0.4 is 0 Å². The van der Waals surface area contributed by atoms with Gasteiger partial charge < -0.3 is 9.13 Å². The molecule has 0 bridgehead atoms. The lowest BCUT2D eigenvalue weighted by atomic mass is 9.81. The fraction of sp³-hybridized carbons (Fsp3) is 0.0667. The van der Waals surface area contributed by atoms with E-state index in [0.717, 1.165) is 49.3 Å². The fourth-order valence-electron chi connectivity index (χ4n) is 8.67. The van der Waals surface area contributed by atoms with Gasteiger partial charge in [-0.3, -0.25) is 0 Å². The lowest BCUT2D eigenvalue weighted by Gasteiger charge is -2.24. The van der Waals surface area contributed by atoms with Crippen molar-refractivity contribution in [3.63, 3.8) is 0 Å². The molecule has 0 radical (unpaired) electrons. The molecule has 2 heterocycles. The third kappa shape index (κ3) is 3.50. The molecule has 2 aromatic heterocycles. The van der Waals surface area contributed by atoms with Crippen LogP contribution in [0.2, 0.25) is 0 Å². The monoisotopic (exact) mass is 624 g/mol. The predicted octanol–water partition coefficient (Wildman–Crippen LogP) is 11.8. The smallest absolute Gasteiger partial charge is 0.212 e. The van der Waals surface area contributed by atoms with Crippen molar-refractivity contribution in [2.24, 2.45) is 0 Å². The molecule has 0 saturated carbocycles. The molecule has 49 heavy (non-hydrogen) atoms. The van der Waals surface area contributed by atoms with Gasteiger partial charge in [0.2, 0.25) is 5.69 Å². The number of nitrogens with zero attached hydrogens (tertiary/aromatic N) is 4. The third-order valence-corrected chi connectivity index (χ3v) is 10.7. The molecule has 4 heteroatoms. The Morgan fingerprint density at radius 1 is 0.612 bits per heavy atom. The van der Waals surface area contributed by atoms with Crippen LogP contribution in [0.15, 0.2) is 133 Å². The van der Waals surface area contributed by atoms with Crippen molar-refractivity contribution in [1.82, 2.24) is 9.13 Å². The molecule has 0 atom stereocenters. The quantitative estimate of drug-likeness (QED) is 0.176. The predicted molar refractivity (Wildman–Crippen MR) is 201 cm³/mol. The van der Waals surface area contributed by atoms with E-state index in [9.17, 15) is 5.26 Å². The summed E-state index contributed by atoms with van der Waals surface area (Å²) in [5.41, 5.74) is 11.3. The molecule has 0 spiro atoms. The molecular weight excluding hydrogens is 597 g/mol. The Balaban J connectivity index is 1.32. The van der Waals surface area contributed by atoms with Gasteiger partial charge in [-0.15, -0.1) is 0 Å². The maximum atomic E-state index is 10.9. The average molecular weight is 625 g/mol. The number of para-hydroxylation sites is 2. The highest BCUT2D eigenvalue weighted by Gasteiger charge is 2.38. The molecule has 1 aliphatic carbocycles. The van der Waals surface area contributed by atoms with Gasteiger partial charge in [0.05, 0.1) is 45.6 Å². The molecule has 1 aliphatic rings. The number of benzene rings is 7. The van der Waals surface area contributed by atoms with E-state index >= 15 is 0 Å². The van der Waals surface area contributed by atoms with Crippen molar-refractivity contribution < 1.29 is 0 Å². The molecular formula is C45H28N4. The SMILES string of the molecule is [C-]#[N+]c1cc(-n2c3ccccc3c3ccc4c(c32)C(C)(C)c2ccccc2-4)c(C#N)cc1-n1c2ccccc2c2c3ccccc3ccc21. The van der Waals surface area contributed by atoms with Crippen LogP contribution in [0.4, 0.5) is 5.69 Å². The second-order valence-corrected chi connectivity index (χ2v) is 13.5. The van der Waals surface area contributed by atoms with Crippen molar-refractivity contribution in [3.05, 3.63) is 162 Å². The molecule has 0 amide bonds. The second kappa shape index (κ2) is 9.71. The Hall–Kier alpha value is -6.62. The van der Waals surface area contributed by atoms with Crippen LogP contribution in [0.1, 0.15) is 30.5 Å². The summed E-state index contributed by atoms with van der Waals surface area (Å²) < 4.78 is 4.41. The first-order valence-electron chi connectivity index (χ1n) is 16.5. The molecule has 7 aromatic carbocycles. The van der Waals surface area contributed by atoms with Crippen molar-refractivity contribution in [1.29, 1.82) is 5.26 Å². The van der Waals surface area contributed by atoms with Crippen LogP contribution in [0, 0.1) is 17.9 Å². The Labute approximate surface area is 283 Å². The van der Waals surface area contributed by atoms with Crippen molar-refractivity contribution >= 4 is 60.1 Å². The first kappa shape index (κ1) is 27.5. The Morgan fingerprint density at radius 2 is 1.31 bits per heavy atom. The second-order valence-electron chi connectivity index (χ2n) is 13.5. The van der Waals surface area contributed by atoms with E-state index in [1.54, 1.807) is 0 Å². The lowest BCUT2D eigenvalue weighted by Crippen LogP contribution is -2.16. The fourth-order valence-corrected chi connectivity index (χ4v) is 8.67. The van der Waals surface area contributed by atoms with E-state index in [-0.39, 0.29) is 5.41 Å². The Kier molecular flexibility index (Phi) is 5.44. The zero-order valence-electron chi connectivity index (χ0n) is 27.0. The minimum atomic E-state index is -0.265. The van der Waals surface area contributed by atoms with E-state index in [1.807, 2.05) is 18.2 Å². The van der Waals surface area contributed by atoms with Crippen molar-refractivity contribution in [2.75, 3.05) is 0 Å². The van der Waals surface area contributed by atoms with Gasteiger partial charge in [-0.05, 0) is 63.4 Å². The highest BCUT2D eigenvalue weighted by Crippen LogP contribution is 2.53. The largest absolute Gasteiger partial charge is 0.319 e. The van der Waals surface area contributed by atoms with Gasteiger partial charge in [-0.25, -0.2) is 4.85 Å². The summed E-state index contributed by atoms with van der Waals surface area (Å²) in [5.74, 6) is 0. The van der Waals surface area contributed by atoms with Crippen LogP contribution in [0.25, 0.3) is 81.7 Å². The van der Waals surface area contributed by atoms with Gasteiger partial charge in [-0.2, -0.15) is 5.26 Å². The summed E-state index contributed by atoms with van der Waals surface area (Å²) in [6.45, 7) is 13.1. The summed E-state index contributed by atoms with van der Waals surface area (Å²) in [6.07, 6.45) is 0. The summed E-state index contributed by atoms with van der Waals surface area (Å²) >= 11 is 0. The van der Waals surface area contributed by atoms with Gasteiger partial charge in [0, 0.05) is 27.0 Å². The first-order valence-corrected chi connectivity index (χ1v) is 16.5. The zero-order valence-corrected chi connectivity index (χ0v) is 27.0. The van der Waals surface area contributed by atoms with E-state index in [4.69, 9.17) is 6.57 Å². The maximum Gasteiger partial charge on any atom is 0.212 e. The number of aromatic nitrogens is 2. The average Bonchev–Trinajstić information content (AvgIpc) is 3.74. The topological polar surface area (TPSA) is 38.0 Å². The van der Waals surface area contributed by atoms with Gasteiger partial charge in [0.1, 0.15) is 6.07 Å². The van der Waals surface area contributed by atoms with E-state index in [1.165, 1.54) is 33.0 Å². The van der Waals surface area contributed by atoms with Gasteiger partial charge in [0.15, 0.2) is 0 Å². The molecule has 0 saturated heterocycles. The molecule has 0 aliphatic heterocycles. The normalized spacial score (nSPS) is 13.2. The van der Waals surface area contributed by atoms with E-state index in [0.29, 0.717) is 16.9 Å². The molecule has 0 N–H and O–H groups in total. The zero-order chi connectivity index (χ0) is 33.0. The molecule has 4 nitrogen and oxygen atoms in total. The van der Waals surface area contributed by atoms with Crippen LogP contribution in [-0.4, -0.2) is 9.13 Å². The first-order chi connectivity index (χ1) is 24.0. The number of fused-ring (bicyclic) bond motifs is 12. The Bertz CT molecular complexity index is 2990. The molecule has 0 unspecified atom stereocenters. The van der Waals surface area contributed by atoms with E-state index in [2.05, 4.69) is 149 Å². The van der Waals surface area contributed by atoms with Crippen LogP contribution in [0.5, 0.6) is 0 Å². The number of hydrogen-bond acceptors (Lipinski definition) is 1. The third-order valence-electron chi connectivity index (χ3n) is 10.7. The molecule has 0 fully saturated rings. The van der Waals surface area contributed by atoms with Gasteiger partial charge >= 0.3 is 0 Å². The summed E-state index contributed by atoms with van der Waals surface area (Å²) in [5, 5.41) is 17.8. The van der Waals surface area contributed by atoms with Crippen LogP contribution >= 0.6 is 0 Å². The minimum absolute atomic E-state index is 0.265. The lowest BCUT2D eigenvalue weighted by molar-refractivity contribution is 0.664. The van der Waals surface area contributed by atoms with Gasteiger partial charge in [0.25, 0.3) is 0 Å². The number of hydrogen-bond donors (Lipinski definition) is 0. The number of nitriles is 1. The summed E-state index contributed by atoms with van der Waals surface area (Å²) in [6, 6.07) is 49.0. The highest BCUT2D eigenvalue weighted by molar-refractivity contribution is 6.21. The van der Waals surface area contributed by atoms with E-state index < -0.39 is 0 Å². The van der Waals surface area contributed by atoms with Crippen molar-refractivity contribution in [3.8, 4) is 28.6 Å². The summed E-state index contributed by atoms with van der Waals surface area (Å²) in [7, 11) is 0. The number of rotatable bonds is 2. The van der Waals surface area contributed by atoms with Crippen molar-refractivity contribution in [2.45, 2.75) is 19.3 Å². The molecule has 10 rings (SSSR count). The minimum Gasteiger partial charge on any atom is -0.319 e. The highest BCUT2D eigenvalue weighted by atomic mass is 15.0. The standard InChI is InChI=1S/C45H28N4/c1-45(2)35-17-9-6-14-30(35)32-21-22-33-31-15-7-10-18-37(31)49(44(33)43(32)45)40-25-36(47-3)41(24-28(40)26-46)48-38-19-11-8-16-34(38)42-29-13-5-4-12-27(29)20-23-39(42)48/h4-25H,1-2H3. The summed E-state index contributed by atoms with van der Waals surface area (Å²) in [4.78, 5) is 4.15. The van der Waals surface area contributed by atoms with Crippen LogP contribution in [0.3, 0.4) is 0 Å². The van der Waals surface area contributed by atoms with Gasteiger partial charge in [-0.1, -0.05) is 117 Å². The molecule has 9 aromatic rings. The Morgan fingerprint density at radius 3 is 2.10 bits per heavy atom. The van der Waals surface area contributed by atoms with Crippen LogP contribution in [-0.2, 0) is 5.41 Å².